The number of ether oxygens (including phenoxy) is 2. The zero-order valence-electron chi connectivity index (χ0n) is 18.5. The molecule has 31 heavy (non-hydrogen) atoms. The minimum Gasteiger partial charge on any atom is -0.488 e. The van der Waals surface area contributed by atoms with Gasteiger partial charge in [-0.2, -0.15) is 4.39 Å². The molecule has 3 aromatic rings. The number of quaternary nitrogens is 1. The maximum atomic E-state index is 13.9. The fourth-order valence-corrected chi connectivity index (χ4v) is 4.30. The Balaban J connectivity index is 1.36. The third-order valence-corrected chi connectivity index (χ3v) is 6.25. The Morgan fingerprint density at radius 2 is 1.74 bits per heavy atom. The van der Waals surface area contributed by atoms with E-state index < -0.39 is 6.01 Å². The van der Waals surface area contributed by atoms with Crippen molar-refractivity contribution in [3.05, 3.63) is 66.7 Å². The minimum atomic E-state index is -0.587. The maximum Gasteiger partial charge on any atom is 0.278 e. The Bertz CT molecular complexity index is 980. The number of hydrogen-bond donors (Lipinski definition) is 0. The monoisotopic (exact) mass is 424 g/mol. The van der Waals surface area contributed by atoms with Gasteiger partial charge in [-0.3, -0.25) is 0 Å². The molecule has 0 saturated heterocycles. The summed E-state index contributed by atoms with van der Waals surface area (Å²) in [5.41, 5.74) is 2.49. The number of nitrogens with zero attached hydrogens (tertiary/aromatic N) is 1. The van der Waals surface area contributed by atoms with Crippen LogP contribution in [0.15, 0.2) is 65.1 Å². The summed E-state index contributed by atoms with van der Waals surface area (Å²) < 4.78 is 31.7. The highest BCUT2D eigenvalue weighted by Gasteiger charge is 2.36. The van der Waals surface area contributed by atoms with Crippen LogP contribution in [0.25, 0.3) is 22.5 Å². The average molecular weight is 425 g/mol. The molecule has 164 valence electrons. The lowest BCUT2D eigenvalue weighted by atomic mass is 9.81. The number of furan rings is 1. The molecule has 0 radical (unpaired) electrons. The normalized spacial score (nSPS) is 18.6. The van der Waals surface area contributed by atoms with Gasteiger partial charge in [0, 0.05) is 30.2 Å². The van der Waals surface area contributed by atoms with E-state index in [1.807, 2.05) is 61.7 Å². The number of rotatable bonds is 9. The Morgan fingerprint density at radius 3 is 2.39 bits per heavy atom. The van der Waals surface area contributed by atoms with Gasteiger partial charge >= 0.3 is 0 Å². The van der Waals surface area contributed by atoms with Crippen molar-refractivity contribution in [1.29, 1.82) is 0 Å². The van der Waals surface area contributed by atoms with Crippen molar-refractivity contribution in [2.24, 2.45) is 5.92 Å². The highest BCUT2D eigenvalue weighted by Crippen LogP contribution is 2.35. The molecule has 0 amide bonds. The number of benzene rings is 2. The quantitative estimate of drug-likeness (QED) is 0.417. The first-order chi connectivity index (χ1) is 14.9. The molecule has 1 fully saturated rings. The predicted octanol–water partition coefficient (Wildman–Crippen LogP) is 5.63. The Morgan fingerprint density at radius 1 is 1.00 bits per heavy atom. The molecule has 4 nitrogen and oxygen atoms in total. The van der Waals surface area contributed by atoms with Crippen LogP contribution in [0.4, 0.5) is 4.39 Å². The first kappa shape index (κ1) is 21.6. The van der Waals surface area contributed by atoms with Gasteiger partial charge in [0.25, 0.3) is 6.01 Å². The first-order valence-electron chi connectivity index (χ1n) is 10.9. The molecular formula is C26H31FNO3+. The van der Waals surface area contributed by atoms with Gasteiger partial charge in [0.05, 0.1) is 26.7 Å². The van der Waals surface area contributed by atoms with Crippen molar-refractivity contribution in [3.8, 4) is 28.2 Å². The van der Waals surface area contributed by atoms with Crippen molar-refractivity contribution in [2.45, 2.75) is 18.9 Å². The standard InChI is InChI=1S/C26H31FNO3/c1-28(2,18-21-11-14-24(21)29-3)15-16-30-22-12-9-20(10-13-22)26-23(17-25(27)31-26)19-7-5-4-6-8-19/h4-10,12-13,17,21,24H,11,14-16,18H2,1-3H3/q+1. The topological polar surface area (TPSA) is 31.6 Å². The zero-order valence-corrected chi connectivity index (χ0v) is 18.5. The van der Waals surface area contributed by atoms with E-state index in [1.165, 1.54) is 18.9 Å². The van der Waals surface area contributed by atoms with Crippen LogP contribution >= 0.6 is 0 Å². The van der Waals surface area contributed by atoms with Crippen molar-refractivity contribution in [2.75, 3.05) is 40.9 Å². The molecule has 2 atom stereocenters. The fourth-order valence-electron chi connectivity index (χ4n) is 4.30. The van der Waals surface area contributed by atoms with E-state index in [4.69, 9.17) is 13.9 Å². The summed E-state index contributed by atoms with van der Waals surface area (Å²) >= 11 is 0. The molecule has 1 aliphatic rings. The molecule has 0 bridgehead atoms. The molecule has 2 aromatic carbocycles. The zero-order chi connectivity index (χ0) is 21.8. The second kappa shape index (κ2) is 9.25. The van der Waals surface area contributed by atoms with E-state index >= 15 is 0 Å². The lowest BCUT2D eigenvalue weighted by molar-refractivity contribution is -0.894. The van der Waals surface area contributed by atoms with Crippen molar-refractivity contribution in [1.82, 2.24) is 0 Å². The molecule has 5 heteroatoms. The molecule has 0 spiro atoms. The summed E-state index contributed by atoms with van der Waals surface area (Å²) in [6.07, 6.45) is 2.84. The highest BCUT2D eigenvalue weighted by molar-refractivity contribution is 5.79. The fraction of sp³-hybridized carbons (Fsp3) is 0.385. The summed E-state index contributed by atoms with van der Waals surface area (Å²) in [5.74, 6) is 1.98. The Kier molecular flexibility index (Phi) is 6.44. The number of hydrogen-bond acceptors (Lipinski definition) is 3. The number of halogens is 1. The van der Waals surface area contributed by atoms with E-state index in [9.17, 15) is 4.39 Å². The Hall–Kier alpha value is -2.63. The van der Waals surface area contributed by atoms with Gasteiger partial charge in [0.1, 0.15) is 24.7 Å². The van der Waals surface area contributed by atoms with Crippen molar-refractivity contribution >= 4 is 0 Å². The van der Waals surface area contributed by atoms with E-state index in [2.05, 4.69) is 14.1 Å². The van der Waals surface area contributed by atoms with Crippen LogP contribution in [0.3, 0.4) is 0 Å². The molecule has 1 aromatic heterocycles. The van der Waals surface area contributed by atoms with Crippen LogP contribution in [0, 0.1) is 11.9 Å². The molecule has 1 saturated carbocycles. The second-order valence-electron chi connectivity index (χ2n) is 8.99. The number of likely N-dealkylation sites (N-methyl/N-ethyl adjacent to an activating group) is 1. The minimum absolute atomic E-state index is 0.415. The third-order valence-electron chi connectivity index (χ3n) is 6.25. The summed E-state index contributed by atoms with van der Waals surface area (Å²) in [7, 11) is 6.30. The van der Waals surface area contributed by atoms with E-state index in [1.54, 1.807) is 0 Å². The van der Waals surface area contributed by atoms with Crippen LogP contribution in [0.2, 0.25) is 0 Å². The number of methoxy groups -OCH3 is 1. The second-order valence-corrected chi connectivity index (χ2v) is 8.99. The third kappa shape index (κ3) is 5.17. The maximum absolute atomic E-state index is 13.9. The summed E-state index contributed by atoms with van der Waals surface area (Å²) in [6, 6.07) is 18.2. The van der Waals surface area contributed by atoms with Crippen molar-refractivity contribution < 1.29 is 22.8 Å². The van der Waals surface area contributed by atoms with Gasteiger partial charge in [-0.1, -0.05) is 30.3 Å². The largest absolute Gasteiger partial charge is 0.488 e. The molecule has 0 aliphatic heterocycles. The van der Waals surface area contributed by atoms with Gasteiger partial charge in [0.15, 0.2) is 0 Å². The molecule has 1 aliphatic carbocycles. The Labute approximate surface area is 183 Å². The van der Waals surface area contributed by atoms with Gasteiger partial charge in [-0.25, -0.2) is 0 Å². The lowest BCUT2D eigenvalue weighted by Gasteiger charge is -2.41. The van der Waals surface area contributed by atoms with Gasteiger partial charge in [-0.05, 0) is 42.7 Å². The summed E-state index contributed by atoms with van der Waals surface area (Å²) in [5, 5.41) is 0. The molecule has 2 unspecified atom stereocenters. The van der Waals surface area contributed by atoms with E-state index in [-0.39, 0.29) is 0 Å². The van der Waals surface area contributed by atoms with Crippen LogP contribution < -0.4 is 4.74 Å². The molecular weight excluding hydrogens is 393 g/mol. The first-order valence-corrected chi connectivity index (χ1v) is 10.9. The SMILES string of the molecule is COC1CCC1C[N+](C)(C)CCOc1ccc(-c2oc(F)cc2-c2ccccc2)cc1. The molecule has 1 heterocycles. The van der Waals surface area contributed by atoms with Crippen LogP contribution in [-0.4, -0.2) is 51.5 Å². The van der Waals surface area contributed by atoms with Crippen molar-refractivity contribution in [3.63, 3.8) is 0 Å². The van der Waals surface area contributed by atoms with Crippen LogP contribution in [0.5, 0.6) is 5.75 Å². The van der Waals surface area contributed by atoms with E-state index in [0.29, 0.717) is 24.4 Å². The summed E-state index contributed by atoms with van der Waals surface area (Å²) in [4.78, 5) is 0. The highest BCUT2D eigenvalue weighted by atomic mass is 19.1. The molecule has 0 N–H and O–H groups in total. The molecule has 4 rings (SSSR count). The predicted molar refractivity (Wildman–Crippen MR) is 120 cm³/mol. The summed E-state index contributed by atoms with van der Waals surface area (Å²) in [6.45, 7) is 2.67. The van der Waals surface area contributed by atoms with E-state index in [0.717, 1.165) is 40.0 Å². The smallest absolute Gasteiger partial charge is 0.278 e. The average Bonchev–Trinajstić information content (AvgIpc) is 3.14. The van der Waals surface area contributed by atoms with Gasteiger partial charge in [-0.15, -0.1) is 0 Å². The van der Waals surface area contributed by atoms with Crippen LogP contribution in [-0.2, 0) is 4.74 Å². The van der Waals surface area contributed by atoms with Crippen LogP contribution in [0.1, 0.15) is 12.8 Å². The van der Waals surface area contributed by atoms with Gasteiger partial charge in [0.2, 0.25) is 0 Å². The van der Waals surface area contributed by atoms with Gasteiger partial charge < -0.3 is 18.4 Å². The lowest BCUT2D eigenvalue weighted by Crippen LogP contribution is -2.51.